The van der Waals surface area contributed by atoms with E-state index in [9.17, 15) is 8.42 Å². The predicted octanol–water partition coefficient (Wildman–Crippen LogP) is 1.80. The van der Waals surface area contributed by atoms with E-state index in [4.69, 9.17) is 4.74 Å². The molecule has 0 saturated carbocycles. The molecule has 2 N–H and O–H groups in total. The lowest BCUT2D eigenvalue weighted by molar-refractivity contribution is 0.192. The third kappa shape index (κ3) is 3.31. The van der Waals surface area contributed by atoms with Crippen LogP contribution in [0.1, 0.15) is 24.5 Å². The van der Waals surface area contributed by atoms with Gasteiger partial charge in [-0.2, -0.15) is 0 Å². The fourth-order valence-corrected chi connectivity index (χ4v) is 4.29. The molecular formula is C14H22N2O3S. The maximum atomic E-state index is 12.5. The number of sulfonamides is 1. The average Bonchev–Trinajstić information content (AvgIpc) is 2.79. The van der Waals surface area contributed by atoms with Crippen molar-refractivity contribution in [3.05, 3.63) is 23.3 Å². The van der Waals surface area contributed by atoms with Crippen molar-refractivity contribution in [2.45, 2.75) is 38.1 Å². The number of nitrogens with one attached hydrogen (secondary N) is 2. The van der Waals surface area contributed by atoms with Crippen LogP contribution in [0.25, 0.3) is 0 Å². The Kier molecular flexibility index (Phi) is 4.67. The minimum Gasteiger partial charge on any atom is -0.385 e. The van der Waals surface area contributed by atoms with Gasteiger partial charge in [0.25, 0.3) is 0 Å². The number of anilines is 1. The van der Waals surface area contributed by atoms with E-state index in [1.165, 1.54) is 0 Å². The number of benzene rings is 1. The highest BCUT2D eigenvalue weighted by Gasteiger charge is 2.26. The van der Waals surface area contributed by atoms with Crippen LogP contribution in [-0.4, -0.2) is 34.2 Å². The molecule has 112 valence electrons. The number of hydrogen-bond donors (Lipinski definition) is 2. The van der Waals surface area contributed by atoms with E-state index in [0.29, 0.717) is 18.1 Å². The van der Waals surface area contributed by atoms with Gasteiger partial charge >= 0.3 is 0 Å². The highest BCUT2D eigenvalue weighted by atomic mass is 32.2. The smallest absolute Gasteiger partial charge is 0.241 e. The number of aryl methyl sites for hydroxylation is 2. The first-order valence-electron chi connectivity index (χ1n) is 6.89. The summed E-state index contributed by atoms with van der Waals surface area (Å²) in [5.74, 6) is 0. The van der Waals surface area contributed by atoms with Gasteiger partial charge in [-0.25, -0.2) is 13.1 Å². The second-order valence-electron chi connectivity index (χ2n) is 5.15. The molecule has 1 aliphatic rings. The maximum Gasteiger partial charge on any atom is 0.241 e. The van der Waals surface area contributed by atoms with Crippen molar-refractivity contribution in [1.82, 2.24) is 4.72 Å². The fraction of sp³-hybridized carbons (Fsp3) is 0.571. The molecule has 1 saturated heterocycles. The van der Waals surface area contributed by atoms with Crippen molar-refractivity contribution in [1.29, 1.82) is 0 Å². The molecule has 20 heavy (non-hydrogen) atoms. The summed E-state index contributed by atoms with van der Waals surface area (Å²) in [5.41, 5.74) is 2.46. The van der Waals surface area contributed by atoms with Gasteiger partial charge in [0.05, 0.1) is 11.5 Å². The van der Waals surface area contributed by atoms with Gasteiger partial charge in [-0.1, -0.05) is 0 Å². The topological polar surface area (TPSA) is 67.4 Å². The van der Waals surface area contributed by atoms with E-state index < -0.39 is 10.0 Å². The van der Waals surface area contributed by atoms with Crippen LogP contribution < -0.4 is 10.0 Å². The molecular weight excluding hydrogens is 276 g/mol. The first-order chi connectivity index (χ1) is 9.44. The third-order valence-corrected chi connectivity index (χ3v) is 5.19. The highest BCUT2D eigenvalue weighted by molar-refractivity contribution is 7.89. The first-order valence-corrected chi connectivity index (χ1v) is 8.37. The van der Waals surface area contributed by atoms with Crippen molar-refractivity contribution in [3.8, 4) is 0 Å². The van der Waals surface area contributed by atoms with E-state index in [1.54, 1.807) is 0 Å². The van der Waals surface area contributed by atoms with Gasteiger partial charge in [0, 0.05) is 24.9 Å². The van der Waals surface area contributed by atoms with Gasteiger partial charge in [0.1, 0.15) is 0 Å². The fourth-order valence-electron chi connectivity index (χ4n) is 2.59. The zero-order valence-corrected chi connectivity index (χ0v) is 13.0. The largest absolute Gasteiger partial charge is 0.385 e. The maximum absolute atomic E-state index is 12.5. The van der Waals surface area contributed by atoms with Crippen LogP contribution in [0.15, 0.2) is 17.0 Å². The molecule has 0 aromatic heterocycles. The molecule has 0 amide bonds. The Balaban J connectivity index is 2.30. The quantitative estimate of drug-likeness (QED) is 0.870. The number of hydrogen-bond acceptors (Lipinski definition) is 4. The third-order valence-electron chi connectivity index (χ3n) is 3.36. The summed E-state index contributed by atoms with van der Waals surface area (Å²) in [6.07, 6.45) is 0.729. The molecule has 1 aliphatic heterocycles. The minimum absolute atomic E-state index is 0.118. The van der Waals surface area contributed by atoms with E-state index in [2.05, 4.69) is 10.0 Å². The molecule has 1 aromatic carbocycles. The summed E-state index contributed by atoms with van der Waals surface area (Å²) in [4.78, 5) is 0.381. The summed E-state index contributed by atoms with van der Waals surface area (Å²) < 4.78 is 33.0. The van der Waals surface area contributed by atoms with Crippen molar-refractivity contribution in [3.63, 3.8) is 0 Å². The lowest BCUT2D eigenvalue weighted by Crippen LogP contribution is -2.35. The molecule has 0 aliphatic carbocycles. The highest BCUT2D eigenvalue weighted by Crippen LogP contribution is 2.25. The average molecular weight is 298 g/mol. The Morgan fingerprint density at radius 2 is 1.95 bits per heavy atom. The molecule has 2 rings (SSSR count). The lowest BCUT2D eigenvalue weighted by Gasteiger charge is -2.16. The predicted molar refractivity (Wildman–Crippen MR) is 79.6 cm³/mol. The molecule has 1 atom stereocenters. The Morgan fingerprint density at radius 3 is 2.45 bits per heavy atom. The molecule has 1 heterocycles. The summed E-state index contributed by atoms with van der Waals surface area (Å²) >= 11 is 0. The second-order valence-corrected chi connectivity index (χ2v) is 6.80. The zero-order valence-electron chi connectivity index (χ0n) is 12.2. The zero-order chi connectivity index (χ0) is 14.8. The van der Waals surface area contributed by atoms with Crippen LogP contribution in [0.4, 0.5) is 5.69 Å². The van der Waals surface area contributed by atoms with Crippen LogP contribution in [0.3, 0.4) is 0 Å². The van der Waals surface area contributed by atoms with Crippen molar-refractivity contribution >= 4 is 15.7 Å². The summed E-state index contributed by atoms with van der Waals surface area (Å²) in [6, 6.07) is 3.62. The van der Waals surface area contributed by atoms with Crippen molar-refractivity contribution in [2.75, 3.05) is 25.1 Å². The molecule has 1 aromatic rings. The Labute approximate surface area is 120 Å². The molecule has 0 radical (unpaired) electrons. The number of rotatable bonds is 5. The SMILES string of the molecule is CCNc1cc(C)c(S(=O)(=O)NC2CCOC2)c(C)c1. The van der Waals surface area contributed by atoms with Gasteiger partial charge in [0.2, 0.25) is 10.0 Å². The van der Waals surface area contributed by atoms with Crippen molar-refractivity contribution in [2.24, 2.45) is 0 Å². The van der Waals surface area contributed by atoms with Gasteiger partial charge < -0.3 is 10.1 Å². The van der Waals surface area contributed by atoms with Gasteiger partial charge in [-0.3, -0.25) is 0 Å². The molecule has 1 unspecified atom stereocenters. The van der Waals surface area contributed by atoms with Crippen LogP contribution in [0.5, 0.6) is 0 Å². The molecule has 0 spiro atoms. The van der Waals surface area contributed by atoms with E-state index in [1.807, 2.05) is 32.9 Å². The normalized spacial score (nSPS) is 19.2. The Bertz CT molecular complexity index is 555. The standard InChI is InChI=1S/C14H22N2O3S/c1-4-15-13-7-10(2)14(11(3)8-13)20(17,18)16-12-5-6-19-9-12/h7-8,12,15-16H,4-6,9H2,1-3H3. The molecule has 6 heteroatoms. The van der Waals surface area contributed by atoms with E-state index >= 15 is 0 Å². The van der Waals surface area contributed by atoms with E-state index in [-0.39, 0.29) is 6.04 Å². The van der Waals surface area contributed by atoms with Crippen molar-refractivity contribution < 1.29 is 13.2 Å². The van der Waals surface area contributed by atoms with E-state index in [0.717, 1.165) is 29.8 Å². The molecule has 0 bridgehead atoms. The first kappa shape index (κ1) is 15.3. The van der Waals surface area contributed by atoms with Crippen LogP contribution >= 0.6 is 0 Å². The Morgan fingerprint density at radius 1 is 1.30 bits per heavy atom. The lowest BCUT2D eigenvalue weighted by atomic mass is 10.1. The monoisotopic (exact) mass is 298 g/mol. The summed E-state index contributed by atoms with van der Waals surface area (Å²) in [7, 11) is -3.49. The molecule has 1 fully saturated rings. The minimum atomic E-state index is -3.49. The van der Waals surface area contributed by atoms with Crippen LogP contribution in [0.2, 0.25) is 0 Å². The summed E-state index contributed by atoms with van der Waals surface area (Å²) in [5, 5.41) is 3.21. The van der Waals surface area contributed by atoms with Crippen LogP contribution in [0, 0.1) is 13.8 Å². The van der Waals surface area contributed by atoms with Gasteiger partial charge in [-0.15, -0.1) is 0 Å². The van der Waals surface area contributed by atoms with Crippen LogP contribution in [-0.2, 0) is 14.8 Å². The second kappa shape index (κ2) is 6.11. The Hall–Kier alpha value is -1.11. The molecule has 5 nitrogen and oxygen atoms in total. The summed E-state index contributed by atoms with van der Waals surface area (Å²) in [6.45, 7) is 7.54. The van der Waals surface area contributed by atoms with Gasteiger partial charge in [0.15, 0.2) is 0 Å². The van der Waals surface area contributed by atoms with Gasteiger partial charge in [-0.05, 0) is 50.5 Å². The number of ether oxygens (including phenoxy) is 1.